The van der Waals surface area contributed by atoms with Gasteiger partial charge >= 0.3 is 0 Å². The number of rotatable bonds is 18. The van der Waals surface area contributed by atoms with Gasteiger partial charge in [-0.1, -0.05) is 88.9 Å². The minimum absolute atomic E-state index is 0. The fourth-order valence-electron chi connectivity index (χ4n) is 9.29. The second kappa shape index (κ2) is 24.8. The van der Waals surface area contributed by atoms with E-state index >= 15 is 0 Å². The highest BCUT2D eigenvalue weighted by Crippen LogP contribution is 2.49. The molecule has 4 atom stereocenters. The van der Waals surface area contributed by atoms with Gasteiger partial charge in [0.2, 0.25) is 11.5 Å². The maximum absolute atomic E-state index is 9.60. The Bertz CT molecular complexity index is 1970. The van der Waals surface area contributed by atoms with Crippen LogP contribution < -0.4 is 38.8 Å². The lowest BCUT2D eigenvalue weighted by Gasteiger charge is -2.43. The molecule has 4 aromatic rings. The van der Waals surface area contributed by atoms with Crippen LogP contribution in [-0.4, -0.2) is 97.1 Å². The molecule has 0 radical (unpaired) electrons. The molecular formula is C51H74O12Si. The van der Waals surface area contributed by atoms with Gasteiger partial charge in [0.15, 0.2) is 23.0 Å². The van der Waals surface area contributed by atoms with Crippen molar-refractivity contribution in [1.82, 2.24) is 0 Å². The molecule has 13 heteroatoms. The molecule has 0 saturated carbocycles. The summed E-state index contributed by atoms with van der Waals surface area (Å²) in [6.07, 6.45) is 4.56. The lowest BCUT2D eigenvalue weighted by atomic mass is 9.97. The van der Waals surface area contributed by atoms with Gasteiger partial charge < -0.3 is 56.9 Å². The Kier molecular flexibility index (Phi) is 20.3. The third kappa shape index (κ3) is 11.5. The summed E-state index contributed by atoms with van der Waals surface area (Å²) < 4.78 is 63.7. The van der Waals surface area contributed by atoms with E-state index in [0.29, 0.717) is 41.1 Å². The molecule has 1 N–H and O–H groups in total. The molecule has 6 rings (SSSR count). The Hall–Kier alpha value is -4.34. The van der Waals surface area contributed by atoms with Crippen molar-refractivity contribution in [3.8, 4) is 34.5 Å². The molecule has 2 unspecified atom stereocenters. The predicted octanol–water partition coefficient (Wildman–Crippen LogP) is 8.86. The Morgan fingerprint density at radius 2 is 0.969 bits per heavy atom. The minimum atomic E-state index is -2.65. The van der Waals surface area contributed by atoms with Crippen LogP contribution in [0.4, 0.5) is 0 Å². The normalized spacial score (nSPS) is 18.4. The van der Waals surface area contributed by atoms with E-state index in [4.69, 9.17) is 51.8 Å². The molecule has 0 fully saturated rings. The minimum Gasteiger partial charge on any atom is -0.493 e. The highest BCUT2D eigenvalue weighted by atomic mass is 28.4. The first-order chi connectivity index (χ1) is 30.5. The summed E-state index contributed by atoms with van der Waals surface area (Å²) in [7, 11) is 10.4. The van der Waals surface area contributed by atoms with Gasteiger partial charge in [0.05, 0.1) is 54.9 Å². The number of ether oxygens (including phenoxy) is 10. The smallest absolute Gasteiger partial charge is 0.261 e. The van der Waals surface area contributed by atoms with Crippen molar-refractivity contribution < 1.29 is 56.9 Å². The van der Waals surface area contributed by atoms with E-state index in [1.54, 1.807) is 56.9 Å². The quantitative estimate of drug-likeness (QED) is 0.0584. The van der Waals surface area contributed by atoms with E-state index in [0.717, 1.165) is 60.8 Å². The fourth-order valence-corrected chi connectivity index (χ4v) is 13.9. The van der Waals surface area contributed by atoms with Crippen molar-refractivity contribution in [3.63, 3.8) is 0 Å². The number of aliphatic hydroxyl groups is 1. The third-order valence-corrected chi connectivity index (χ3v) is 17.3. The zero-order valence-corrected chi connectivity index (χ0v) is 40.2. The largest absolute Gasteiger partial charge is 0.493 e. The molecular weight excluding hydrogens is 833 g/mol. The fraction of sp³-hybridized carbons (Fsp3) is 0.529. The lowest BCUT2D eigenvalue weighted by molar-refractivity contribution is -0.0816. The number of aliphatic hydroxyl groups excluding tert-OH is 1. The first kappa shape index (κ1) is 52.3. The third-order valence-electron chi connectivity index (χ3n) is 12.3. The summed E-state index contributed by atoms with van der Waals surface area (Å²) in [6, 6.07) is 25.6. The van der Waals surface area contributed by atoms with Crippen molar-refractivity contribution in [2.24, 2.45) is 11.8 Å². The number of hydrogen-bond donors (Lipinski definition) is 1. The summed E-state index contributed by atoms with van der Waals surface area (Å²) in [5, 5.41) is 12.1. The van der Waals surface area contributed by atoms with Crippen molar-refractivity contribution >= 4 is 18.7 Å². The van der Waals surface area contributed by atoms with Crippen LogP contribution in [0.3, 0.4) is 0 Å². The Morgan fingerprint density at radius 1 is 0.562 bits per heavy atom. The molecule has 0 aromatic heterocycles. The zero-order chi connectivity index (χ0) is 45.6. The highest BCUT2D eigenvalue weighted by molar-refractivity contribution is 6.99. The van der Waals surface area contributed by atoms with Gasteiger partial charge in [0.1, 0.15) is 13.6 Å². The molecule has 4 aromatic carbocycles. The molecule has 2 aliphatic rings. The predicted molar refractivity (Wildman–Crippen MR) is 254 cm³/mol. The molecule has 0 amide bonds. The van der Waals surface area contributed by atoms with Gasteiger partial charge in [-0.05, 0) is 89.0 Å². The van der Waals surface area contributed by atoms with Gasteiger partial charge in [0.25, 0.3) is 8.32 Å². The number of methoxy groups -OCH3 is 8. The van der Waals surface area contributed by atoms with Crippen molar-refractivity contribution in [2.75, 3.05) is 83.7 Å². The van der Waals surface area contributed by atoms with Gasteiger partial charge in [-0.15, -0.1) is 0 Å². The summed E-state index contributed by atoms with van der Waals surface area (Å²) in [5.41, 5.74) is 4.20. The van der Waals surface area contributed by atoms with Crippen molar-refractivity contribution in [2.45, 2.75) is 84.0 Å². The van der Waals surface area contributed by atoms with Gasteiger partial charge in [-0.25, -0.2) is 0 Å². The van der Waals surface area contributed by atoms with Crippen LogP contribution in [0.25, 0.3) is 0 Å². The van der Waals surface area contributed by atoms with Crippen LogP contribution in [0.15, 0.2) is 72.8 Å². The summed E-state index contributed by atoms with van der Waals surface area (Å²) in [5.74, 6) is 4.24. The number of fused-ring (bicyclic) bond motifs is 2. The second-order valence-corrected chi connectivity index (χ2v) is 21.3. The van der Waals surface area contributed by atoms with E-state index in [1.807, 2.05) is 12.1 Å². The van der Waals surface area contributed by atoms with Crippen molar-refractivity contribution in [1.29, 1.82) is 0 Å². The maximum atomic E-state index is 9.60. The van der Waals surface area contributed by atoms with Gasteiger partial charge in [-0.3, -0.25) is 0 Å². The SMILES string of the molecule is C.COCOC1C[C@H](CO)CCc2c1cc(OC)c(OC)c2OC.COCOC1C[C@H](CO[Si](c2ccccc2)(c2ccccc2)C(C)(C)C)CCc2c1cc(OC)c(OC)c2OC. The lowest BCUT2D eigenvalue weighted by Crippen LogP contribution is -2.66. The van der Waals surface area contributed by atoms with Crippen LogP contribution in [0.2, 0.25) is 5.04 Å². The Balaban J connectivity index is 0.000000319. The zero-order valence-electron chi connectivity index (χ0n) is 39.2. The topological polar surface area (TPSA) is 122 Å². The first-order valence-corrected chi connectivity index (χ1v) is 23.6. The summed E-state index contributed by atoms with van der Waals surface area (Å²) >= 11 is 0. The molecule has 12 nitrogen and oxygen atoms in total. The monoisotopic (exact) mass is 906 g/mol. The molecule has 0 bridgehead atoms. The van der Waals surface area contributed by atoms with Gasteiger partial charge in [-0.2, -0.15) is 0 Å². The molecule has 0 aliphatic heterocycles. The van der Waals surface area contributed by atoms with Crippen LogP contribution in [0.1, 0.15) is 88.3 Å². The summed E-state index contributed by atoms with van der Waals surface area (Å²) in [6.45, 7) is 8.10. The number of hydrogen-bond acceptors (Lipinski definition) is 12. The average Bonchev–Trinajstić information content (AvgIpc) is 3.60. The molecule has 64 heavy (non-hydrogen) atoms. The molecule has 0 heterocycles. The van der Waals surface area contributed by atoms with Crippen LogP contribution in [0, 0.1) is 11.8 Å². The van der Waals surface area contributed by atoms with Crippen LogP contribution in [0.5, 0.6) is 34.5 Å². The second-order valence-electron chi connectivity index (χ2n) is 17.0. The first-order valence-electron chi connectivity index (χ1n) is 21.7. The Morgan fingerprint density at radius 3 is 1.33 bits per heavy atom. The van der Waals surface area contributed by atoms with Crippen LogP contribution in [-0.2, 0) is 36.2 Å². The van der Waals surface area contributed by atoms with E-state index in [2.05, 4.69) is 81.4 Å². The van der Waals surface area contributed by atoms with Crippen LogP contribution >= 0.6 is 0 Å². The molecule has 2 aliphatic carbocycles. The number of benzene rings is 4. The Labute approximate surface area is 383 Å². The summed E-state index contributed by atoms with van der Waals surface area (Å²) in [4.78, 5) is 0. The van der Waals surface area contributed by atoms with E-state index < -0.39 is 8.32 Å². The molecule has 0 spiro atoms. The van der Waals surface area contributed by atoms with E-state index in [-0.39, 0.29) is 56.7 Å². The van der Waals surface area contributed by atoms with E-state index in [9.17, 15) is 5.11 Å². The average molecular weight is 907 g/mol. The molecule has 354 valence electrons. The van der Waals surface area contributed by atoms with Gasteiger partial charge in [0, 0.05) is 38.6 Å². The van der Waals surface area contributed by atoms with Crippen molar-refractivity contribution in [3.05, 3.63) is 95.1 Å². The van der Waals surface area contributed by atoms with E-state index in [1.165, 1.54) is 10.4 Å². The molecule has 0 saturated heterocycles. The maximum Gasteiger partial charge on any atom is 0.261 e. The standard InChI is InChI=1S/C33H44O6Si.C17H26O6.CH4/c1-33(2,3)40(25-14-10-8-11-15-25,26-16-12-9-13-17-26)39-22-24-18-19-27-28(29(20-24)38-23-34-4)21-30(35-5)32(37-7)31(27)36-6;1-19-10-23-14-7-11(9-18)5-6-12-13(14)8-15(20-2)17(22-4)16(12)21-3;/h8-17,21,24,29H,18-20,22-23H2,1-7H3;8,11,14,18H,5-7,9-10H2,1-4H3;1H4/t24-,29?;11-,14?;/m11./s1. The highest BCUT2D eigenvalue weighted by Gasteiger charge is 2.50.